The molecule has 0 radical (unpaired) electrons. The van der Waals surface area contributed by atoms with Gasteiger partial charge in [-0.3, -0.25) is 5.10 Å². The number of carboxylic acids is 1. The Kier molecular flexibility index (Phi) is 2.90. The standard InChI is InChI=1S/C13H13FN2O2/c1-13(2,8-5-3-4-6-9(8)14)11-7-10(12(17)18)15-16-11/h3-7H,1-2H3,(H,15,16)(H,17,18). The molecule has 2 aromatic rings. The maximum Gasteiger partial charge on any atom is 0.356 e. The van der Waals surface area contributed by atoms with Crippen molar-refractivity contribution in [2.75, 3.05) is 0 Å². The molecule has 0 saturated heterocycles. The second kappa shape index (κ2) is 4.25. The van der Waals surface area contributed by atoms with E-state index in [1.807, 2.05) is 13.8 Å². The van der Waals surface area contributed by atoms with Crippen LogP contribution in [0.15, 0.2) is 30.3 Å². The number of nitrogens with one attached hydrogen (secondary N) is 1. The Morgan fingerprint density at radius 2 is 2.06 bits per heavy atom. The molecule has 1 aromatic heterocycles. The van der Waals surface area contributed by atoms with Crippen molar-refractivity contribution in [1.82, 2.24) is 10.2 Å². The third-order valence-corrected chi connectivity index (χ3v) is 3.02. The van der Waals surface area contributed by atoms with Gasteiger partial charge in [-0.15, -0.1) is 0 Å². The molecule has 5 heteroatoms. The van der Waals surface area contributed by atoms with E-state index in [1.54, 1.807) is 18.2 Å². The molecule has 1 heterocycles. The van der Waals surface area contributed by atoms with Gasteiger partial charge in [-0.1, -0.05) is 32.0 Å². The predicted octanol–water partition coefficient (Wildman–Crippen LogP) is 2.57. The molecule has 0 fully saturated rings. The Balaban J connectivity index is 2.47. The fourth-order valence-corrected chi connectivity index (χ4v) is 1.86. The molecule has 0 atom stereocenters. The van der Waals surface area contributed by atoms with E-state index >= 15 is 0 Å². The van der Waals surface area contributed by atoms with Crippen molar-refractivity contribution in [2.45, 2.75) is 19.3 Å². The highest BCUT2D eigenvalue weighted by molar-refractivity contribution is 5.85. The molecule has 2 N–H and O–H groups in total. The molecule has 0 aliphatic carbocycles. The van der Waals surface area contributed by atoms with Crippen molar-refractivity contribution in [3.63, 3.8) is 0 Å². The van der Waals surface area contributed by atoms with Gasteiger partial charge < -0.3 is 5.11 Å². The lowest BCUT2D eigenvalue weighted by atomic mass is 9.81. The minimum Gasteiger partial charge on any atom is -0.476 e. The second-order valence-electron chi connectivity index (χ2n) is 4.58. The van der Waals surface area contributed by atoms with Crippen LogP contribution < -0.4 is 0 Å². The first kappa shape index (κ1) is 12.3. The lowest BCUT2D eigenvalue weighted by Crippen LogP contribution is -2.21. The molecule has 1 aromatic carbocycles. The third kappa shape index (κ3) is 1.99. The van der Waals surface area contributed by atoms with Crippen LogP contribution in [-0.4, -0.2) is 21.3 Å². The van der Waals surface area contributed by atoms with Crippen LogP contribution >= 0.6 is 0 Å². The first-order valence-corrected chi connectivity index (χ1v) is 5.47. The molecule has 4 nitrogen and oxygen atoms in total. The molecular formula is C13H13FN2O2. The fourth-order valence-electron chi connectivity index (χ4n) is 1.86. The van der Waals surface area contributed by atoms with E-state index in [0.717, 1.165) is 0 Å². The quantitative estimate of drug-likeness (QED) is 0.877. The first-order chi connectivity index (χ1) is 8.43. The average Bonchev–Trinajstić information content (AvgIpc) is 2.79. The highest BCUT2D eigenvalue weighted by Crippen LogP contribution is 2.31. The van der Waals surface area contributed by atoms with Crippen molar-refractivity contribution in [3.05, 3.63) is 53.1 Å². The highest BCUT2D eigenvalue weighted by atomic mass is 19.1. The molecule has 0 amide bonds. The SMILES string of the molecule is CC(C)(c1cc(C(=O)O)n[nH]1)c1ccccc1F. The lowest BCUT2D eigenvalue weighted by molar-refractivity contribution is 0.0690. The van der Waals surface area contributed by atoms with E-state index in [9.17, 15) is 9.18 Å². The minimum absolute atomic E-state index is 0.0746. The van der Waals surface area contributed by atoms with Crippen LogP contribution in [0.5, 0.6) is 0 Å². The number of hydrogen-bond donors (Lipinski definition) is 2. The number of halogens is 1. The van der Waals surface area contributed by atoms with Crippen LogP contribution in [-0.2, 0) is 5.41 Å². The van der Waals surface area contributed by atoms with Crippen LogP contribution in [0.3, 0.4) is 0 Å². The minimum atomic E-state index is -1.11. The number of aromatic carboxylic acids is 1. The monoisotopic (exact) mass is 248 g/mol. The number of carbonyl (C=O) groups is 1. The van der Waals surface area contributed by atoms with Gasteiger partial charge in [0.05, 0.1) is 0 Å². The zero-order valence-corrected chi connectivity index (χ0v) is 10.1. The maximum atomic E-state index is 13.8. The number of nitrogens with zero attached hydrogens (tertiary/aromatic N) is 1. The molecule has 2 rings (SSSR count). The van der Waals surface area contributed by atoms with Gasteiger partial charge in [0.25, 0.3) is 0 Å². The maximum absolute atomic E-state index is 13.8. The molecule has 0 aliphatic heterocycles. The summed E-state index contributed by atoms with van der Waals surface area (Å²) in [5.41, 5.74) is 0.302. The van der Waals surface area contributed by atoms with Crippen LogP contribution in [0, 0.1) is 5.82 Å². The van der Waals surface area contributed by atoms with E-state index < -0.39 is 11.4 Å². The topological polar surface area (TPSA) is 66.0 Å². The number of rotatable bonds is 3. The number of benzene rings is 1. The highest BCUT2D eigenvalue weighted by Gasteiger charge is 2.28. The second-order valence-corrected chi connectivity index (χ2v) is 4.58. The van der Waals surface area contributed by atoms with Gasteiger partial charge in [0.1, 0.15) is 5.82 Å². The fraction of sp³-hybridized carbons (Fsp3) is 0.231. The van der Waals surface area contributed by atoms with Gasteiger partial charge in [-0.25, -0.2) is 9.18 Å². The van der Waals surface area contributed by atoms with Crippen LogP contribution in [0.25, 0.3) is 0 Å². The lowest BCUT2D eigenvalue weighted by Gasteiger charge is -2.24. The number of hydrogen-bond acceptors (Lipinski definition) is 2. The summed E-state index contributed by atoms with van der Waals surface area (Å²) in [6, 6.07) is 7.84. The smallest absolute Gasteiger partial charge is 0.356 e. The number of carboxylic acid groups (broad SMARTS) is 1. The molecule has 0 spiro atoms. The zero-order valence-electron chi connectivity index (χ0n) is 10.1. The van der Waals surface area contributed by atoms with Crippen molar-refractivity contribution in [1.29, 1.82) is 0 Å². The molecule has 0 bridgehead atoms. The molecule has 18 heavy (non-hydrogen) atoms. The van der Waals surface area contributed by atoms with Crippen LogP contribution in [0.4, 0.5) is 4.39 Å². The van der Waals surface area contributed by atoms with E-state index in [1.165, 1.54) is 12.1 Å². The van der Waals surface area contributed by atoms with Crippen molar-refractivity contribution < 1.29 is 14.3 Å². The molecule has 0 aliphatic rings. The zero-order chi connectivity index (χ0) is 13.3. The van der Waals surface area contributed by atoms with Gasteiger partial charge in [-0.05, 0) is 17.7 Å². The summed E-state index contributed by atoms with van der Waals surface area (Å²) >= 11 is 0. The predicted molar refractivity (Wildman–Crippen MR) is 64.1 cm³/mol. The Morgan fingerprint density at radius 1 is 1.39 bits per heavy atom. The third-order valence-electron chi connectivity index (χ3n) is 3.02. The summed E-state index contributed by atoms with van der Waals surface area (Å²) in [5.74, 6) is -1.43. The normalized spacial score (nSPS) is 11.5. The Labute approximate surface area is 103 Å². The number of H-pyrrole nitrogens is 1. The van der Waals surface area contributed by atoms with E-state index in [2.05, 4.69) is 10.2 Å². The Bertz CT molecular complexity index is 590. The van der Waals surface area contributed by atoms with E-state index in [-0.39, 0.29) is 11.5 Å². The summed E-state index contributed by atoms with van der Waals surface area (Å²) in [5, 5.41) is 15.2. The molecular weight excluding hydrogens is 235 g/mol. The van der Waals surface area contributed by atoms with Gasteiger partial charge in [0.2, 0.25) is 0 Å². The number of aromatic nitrogens is 2. The Hall–Kier alpha value is -2.17. The van der Waals surface area contributed by atoms with Crippen molar-refractivity contribution >= 4 is 5.97 Å². The van der Waals surface area contributed by atoms with E-state index in [0.29, 0.717) is 11.3 Å². The average molecular weight is 248 g/mol. The van der Waals surface area contributed by atoms with Crippen molar-refractivity contribution in [2.24, 2.45) is 0 Å². The van der Waals surface area contributed by atoms with Crippen LogP contribution in [0.2, 0.25) is 0 Å². The summed E-state index contributed by atoms with van der Waals surface area (Å²) in [7, 11) is 0. The van der Waals surface area contributed by atoms with Gasteiger partial charge >= 0.3 is 5.97 Å². The Morgan fingerprint density at radius 3 is 2.61 bits per heavy atom. The molecule has 0 saturated carbocycles. The van der Waals surface area contributed by atoms with Crippen LogP contribution in [0.1, 0.15) is 35.6 Å². The summed E-state index contributed by atoms with van der Waals surface area (Å²) < 4.78 is 13.8. The summed E-state index contributed by atoms with van der Waals surface area (Å²) in [6.07, 6.45) is 0. The van der Waals surface area contributed by atoms with Crippen molar-refractivity contribution in [3.8, 4) is 0 Å². The van der Waals surface area contributed by atoms with Gasteiger partial charge in [-0.2, -0.15) is 5.10 Å². The van der Waals surface area contributed by atoms with Gasteiger partial charge in [0, 0.05) is 11.1 Å². The largest absolute Gasteiger partial charge is 0.476 e. The van der Waals surface area contributed by atoms with E-state index in [4.69, 9.17) is 5.11 Å². The van der Waals surface area contributed by atoms with Gasteiger partial charge in [0.15, 0.2) is 5.69 Å². The first-order valence-electron chi connectivity index (χ1n) is 5.47. The molecule has 94 valence electrons. The summed E-state index contributed by atoms with van der Waals surface area (Å²) in [4.78, 5) is 10.8. The molecule has 0 unspecified atom stereocenters. The summed E-state index contributed by atoms with van der Waals surface area (Å²) in [6.45, 7) is 3.62. The number of aromatic amines is 1.